The number of aliphatic hydroxyl groups is 1. The molecule has 0 aliphatic heterocycles. The van der Waals surface area contributed by atoms with Crippen molar-refractivity contribution in [3.63, 3.8) is 0 Å². The highest BCUT2D eigenvalue weighted by atomic mass is 16.5. The van der Waals surface area contributed by atoms with Gasteiger partial charge in [0.1, 0.15) is 11.9 Å². The minimum atomic E-state index is -0.879. The third-order valence-electron chi connectivity index (χ3n) is 3.26. The van der Waals surface area contributed by atoms with Crippen LogP contribution in [0, 0.1) is 0 Å². The second kappa shape index (κ2) is 5.87. The molecule has 1 aliphatic rings. The van der Waals surface area contributed by atoms with Gasteiger partial charge in [-0.05, 0) is 25.3 Å². The molecule has 0 spiro atoms. The molecule has 2 atom stereocenters. The third kappa shape index (κ3) is 3.23. The van der Waals surface area contributed by atoms with Crippen molar-refractivity contribution in [2.75, 3.05) is 0 Å². The minimum Gasteiger partial charge on any atom is -0.487 e. The van der Waals surface area contributed by atoms with E-state index in [1.54, 1.807) is 18.2 Å². The maximum atomic E-state index is 10.8. The molecule has 0 heterocycles. The van der Waals surface area contributed by atoms with Gasteiger partial charge in [0.15, 0.2) is 0 Å². The van der Waals surface area contributed by atoms with Crippen molar-refractivity contribution >= 4 is 5.97 Å². The molecule has 18 heavy (non-hydrogen) atoms. The number of aliphatic hydroxyl groups excluding tert-OH is 1. The first kappa shape index (κ1) is 12.9. The number of benzene rings is 1. The Morgan fingerprint density at radius 2 is 2.00 bits per heavy atom. The van der Waals surface area contributed by atoms with E-state index in [0.717, 1.165) is 25.7 Å². The number of carboxylic acids is 1. The number of hydrogen-bond acceptors (Lipinski definition) is 3. The molecule has 2 unspecified atom stereocenters. The van der Waals surface area contributed by atoms with Crippen LogP contribution in [0.1, 0.15) is 31.2 Å². The number of carbonyl (C=O) groups is 1. The van der Waals surface area contributed by atoms with Gasteiger partial charge in [0.25, 0.3) is 0 Å². The van der Waals surface area contributed by atoms with Crippen molar-refractivity contribution in [1.82, 2.24) is 0 Å². The zero-order valence-electron chi connectivity index (χ0n) is 10.2. The Balaban J connectivity index is 2.10. The second-order valence-electron chi connectivity index (χ2n) is 4.69. The van der Waals surface area contributed by atoms with E-state index in [1.807, 2.05) is 6.07 Å². The number of para-hydroxylation sites is 1. The van der Waals surface area contributed by atoms with Crippen LogP contribution in [0.15, 0.2) is 24.3 Å². The lowest BCUT2D eigenvalue weighted by molar-refractivity contribution is -0.136. The molecule has 1 fully saturated rings. The fourth-order valence-electron chi connectivity index (χ4n) is 2.31. The van der Waals surface area contributed by atoms with Crippen LogP contribution in [0.5, 0.6) is 5.75 Å². The lowest BCUT2D eigenvalue weighted by atomic mass is 9.94. The highest BCUT2D eigenvalue weighted by Crippen LogP contribution is 2.26. The molecule has 1 aliphatic carbocycles. The van der Waals surface area contributed by atoms with Crippen LogP contribution < -0.4 is 4.74 Å². The standard InChI is InChI=1S/C14H18O4/c15-11-6-2-4-8-13(11)18-12-7-3-1-5-10(12)9-14(16)17/h1,3,5,7,11,13,15H,2,4,6,8-9H2,(H,16,17). The third-order valence-corrected chi connectivity index (χ3v) is 3.26. The number of ether oxygens (including phenoxy) is 1. The van der Waals surface area contributed by atoms with Crippen molar-refractivity contribution in [1.29, 1.82) is 0 Å². The molecule has 1 saturated carbocycles. The predicted octanol–water partition coefficient (Wildman–Crippen LogP) is 2.00. The lowest BCUT2D eigenvalue weighted by Gasteiger charge is -2.28. The Morgan fingerprint density at radius 3 is 2.72 bits per heavy atom. The van der Waals surface area contributed by atoms with Crippen LogP contribution in [0.4, 0.5) is 0 Å². The van der Waals surface area contributed by atoms with Crippen molar-refractivity contribution in [3.8, 4) is 5.75 Å². The summed E-state index contributed by atoms with van der Waals surface area (Å²) in [6.07, 6.45) is 2.93. The molecular weight excluding hydrogens is 232 g/mol. The first-order chi connectivity index (χ1) is 8.66. The number of carboxylic acid groups (broad SMARTS) is 1. The smallest absolute Gasteiger partial charge is 0.307 e. The van der Waals surface area contributed by atoms with Crippen LogP contribution in [0.3, 0.4) is 0 Å². The first-order valence-electron chi connectivity index (χ1n) is 6.31. The number of aliphatic carboxylic acids is 1. The van der Waals surface area contributed by atoms with E-state index in [2.05, 4.69) is 0 Å². The summed E-state index contributed by atoms with van der Waals surface area (Å²) in [4.78, 5) is 10.8. The summed E-state index contributed by atoms with van der Waals surface area (Å²) in [5, 5.41) is 18.7. The van der Waals surface area contributed by atoms with Crippen LogP contribution in [-0.4, -0.2) is 28.4 Å². The lowest BCUT2D eigenvalue weighted by Crippen LogP contribution is -2.34. The molecule has 2 N–H and O–H groups in total. The predicted molar refractivity (Wildman–Crippen MR) is 66.7 cm³/mol. The van der Waals surface area contributed by atoms with Gasteiger partial charge >= 0.3 is 5.97 Å². The summed E-state index contributed by atoms with van der Waals surface area (Å²) in [7, 11) is 0. The molecule has 0 amide bonds. The van der Waals surface area contributed by atoms with E-state index in [1.165, 1.54) is 0 Å². The summed E-state index contributed by atoms with van der Waals surface area (Å²) in [6, 6.07) is 7.12. The molecule has 98 valence electrons. The van der Waals surface area contributed by atoms with E-state index >= 15 is 0 Å². The minimum absolute atomic E-state index is 0.0566. The normalized spacial score (nSPS) is 23.6. The Morgan fingerprint density at radius 1 is 1.28 bits per heavy atom. The zero-order valence-corrected chi connectivity index (χ0v) is 10.2. The maximum absolute atomic E-state index is 10.8. The Bertz CT molecular complexity index is 416. The van der Waals surface area contributed by atoms with Crippen molar-refractivity contribution in [2.45, 2.75) is 44.3 Å². The molecule has 0 bridgehead atoms. The zero-order chi connectivity index (χ0) is 13.0. The molecule has 0 saturated heterocycles. The molecule has 1 aromatic rings. The topological polar surface area (TPSA) is 66.8 Å². The molecule has 0 radical (unpaired) electrons. The second-order valence-corrected chi connectivity index (χ2v) is 4.69. The van der Waals surface area contributed by atoms with Gasteiger partial charge in [0, 0.05) is 5.56 Å². The van der Waals surface area contributed by atoms with Crippen LogP contribution in [0.25, 0.3) is 0 Å². The Hall–Kier alpha value is -1.55. The molecule has 4 heteroatoms. The monoisotopic (exact) mass is 250 g/mol. The van der Waals surface area contributed by atoms with Crippen molar-refractivity contribution in [2.24, 2.45) is 0 Å². The average molecular weight is 250 g/mol. The van der Waals surface area contributed by atoms with Crippen LogP contribution >= 0.6 is 0 Å². The van der Waals surface area contributed by atoms with Gasteiger partial charge in [-0.15, -0.1) is 0 Å². The van der Waals surface area contributed by atoms with E-state index in [0.29, 0.717) is 11.3 Å². The van der Waals surface area contributed by atoms with Gasteiger partial charge in [-0.2, -0.15) is 0 Å². The van der Waals surface area contributed by atoms with Crippen LogP contribution in [0.2, 0.25) is 0 Å². The molecule has 4 nitrogen and oxygen atoms in total. The average Bonchev–Trinajstić information content (AvgIpc) is 2.34. The SMILES string of the molecule is O=C(O)Cc1ccccc1OC1CCCCC1O. The molecule has 0 aromatic heterocycles. The van der Waals surface area contributed by atoms with E-state index in [-0.39, 0.29) is 12.5 Å². The van der Waals surface area contributed by atoms with E-state index < -0.39 is 12.1 Å². The number of hydrogen-bond donors (Lipinski definition) is 2. The molecule has 2 rings (SSSR count). The highest BCUT2D eigenvalue weighted by Gasteiger charge is 2.25. The summed E-state index contributed by atoms with van der Waals surface area (Å²) >= 11 is 0. The Kier molecular flexibility index (Phi) is 4.20. The summed E-state index contributed by atoms with van der Waals surface area (Å²) in [5.41, 5.74) is 0.655. The van der Waals surface area contributed by atoms with Gasteiger partial charge in [0.05, 0.1) is 12.5 Å². The summed E-state index contributed by atoms with van der Waals surface area (Å²) in [5.74, 6) is -0.305. The molecular formula is C14H18O4. The van der Waals surface area contributed by atoms with E-state index in [9.17, 15) is 9.90 Å². The highest BCUT2D eigenvalue weighted by molar-refractivity contribution is 5.71. The fourth-order valence-corrected chi connectivity index (χ4v) is 2.31. The van der Waals surface area contributed by atoms with Gasteiger partial charge in [-0.1, -0.05) is 24.6 Å². The quantitative estimate of drug-likeness (QED) is 0.857. The largest absolute Gasteiger partial charge is 0.487 e. The molecule has 1 aromatic carbocycles. The van der Waals surface area contributed by atoms with Crippen molar-refractivity contribution < 1.29 is 19.7 Å². The van der Waals surface area contributed by atoms with Gasteiger partial charge in [-0.3, -0.25) is 4.79 Å². The Labute approximate surface area is 106 Å². The summed E-state index contributed by atoms with van der Waals surface area (Å²) in [6.45, 7) is 0. The first-order valence-corrected chi connectivity index (χ1v) is 6.31. The van der Waals surface area contributed by atoms with Crippen molar-refractivity contribution in [3.05, 3.63) is 29.8 Å². The fraction of sp³-hybridized carbons (Fsp3) is 0.500. The summed E-state index contributed by atoms with van der Waals surface area (Å²) < 4.78 is 5.79. The number of rotatable bonds is 4. The van der Waals surface area contributed by atoms with Crippen LogP contribution in [-0.2, 0) is 11.2 Å². The van der Waals surface area contributed by atoms with Gasteiger partial charge < -0.3 is 14.9 Å². The maximum Gasteiger partial charge on any atom is 0.307 e. The van der Waals surface area contributed by atoms with E-state index in [4.69, 9.17) is 9.84 Å². The van der Waals surface area contributed by atoms with Gasteiger partial charge in [-0.25, -0.2) is 0 Å². The van der Waals surface area contributed by atoms with Gasteiger partial charge in [0.2, 0.25) is 0 Å².